The summed E-state index contributed by atoms with van der Waals surface area (Å²) >= 11 is 0. The Bertz CT molecular complexity index is 999. The Morgan fingerprint density at radius 1 is 1.00 bits per heavy atom. The summed E-state index contributed by atoms with van der Waals surface area (Å²) in [6.07, 6.45) is 0.144. The zero-order chi connectivity index (χ0) is 19.9. The predicted molar refractivity (Wildman–Crippen MR) is 105 cm³/mol. The third-order valence-electron chi connectivity index (χ3n) is 4.35. The van der Waals surface area contributed by atoms with Crippen molar-refractivity contribution in [2.75, 3.05) is 6.61 Å². The molecule has 144 valence electrons. The Kier molecular flexibility index (Phi) is 6.34. The molecule has 0 bridgehead atoms. The van der Waals surface area contributed by atoms with E-state index in [1.807, 2.05) is 42.5 Å². The minimum Gasteiger partial charge on any atom is -0.350 e. The lowest BCUT2D eigenvalue weighted by atomic mass is 10.0. The molecule has 5 nitrogen and oxygen atoms in total. The molecule has 0 radical (unpaired) electrons. The Balaban J connectivity index is 1.43. The van der Waals surface area contributed by atoms with Gasteiger partial charge < -0.3 is 5.32 Å². The highest BCUT2D eigenvalue weighted by Crippen LogP contribution is 2.18. The molecule has 0 heterocycles. The molecule has 3 rings (SSSR count). The standard InChI is InChI=1S/C22H21FN2O3/c1-15-9-10-16(11-20(15)23)13-24-22(27)14-28-25-21(26)12-18-7-4-6-17-5-2-3-8-19(17)18/h2-11H,12-14H2,1H3,(H,24,27)(H,25,26). The van der Waals surface area contributed by atoms with Crippen LogP contribution >= 0.6 is 0 Å². The lowest BCUT2D eigenvalue weighted by Crippen LogP contribution is -2.33. The fourth-order valence-electron chi connectivity index (χ4n) is 2.84. The molecular weight excluding hydrogens is 359 g/mol. The van der Waals surface area contributed by atoms with Gasteiger partial charge in [-0.2, -0.15) is 0 Å². The molecule has 0 unspecified atom stereocenters. The fourth-order valence-corrected chi connectivity index (χ4v) is 2.84. The fraction of sp³-hybridized carbons (Fsp3) is 0.182. The number of hydrogen-bond donors (Lipinski definition) is 2. The van der Waals surface area contributed by atoms with Crippen molar-refractivity contribution in [2.24, 2.45) is 0 Å². The van der Waals surface area contributed by atoms with E-state index >= 15 is 0 Å². The molecule has 6 heteroatoms. The first-order valence-electron chi connectivity index (χ1n) is 8.92. The van der Waals surface area contributed by atoms with Crippen molar-refractivity contribution in [3.05, 3.63) is 83.2 Å². The van der Waals surface area contributed by atoms with Gasteiger partial charge >= 0.3 is 0 Å². The van der Waals surface area contributed by atoms with Crippen LogP contribution in [0.3, 0.4) is 0 Å². The Hall–Kier alpha value is -3.25. The Morgan fingerprint density at radius 3 is 2.61 bits per heavy atom. The predicted octanol–water partition coefficient (Wildman–Crippen LogP) is 3.19. The second-order valence-electron chi connectivity index (χ2n) is 6.49. The monoisotopic (exact) mass is 380 g/mol. The molecule has 0 aliphatic rings. The van der Waals surface area contributed by atoms with Crippen molar-refractivity contribution in [3.8, 4) is 0 Å². The van der Waals surface area contributed by atoms with E-state index in [-0.39, 0.29) is 31.3 Å². The van der Waals surface area contributed by atoms with Crippen molar-refractivity contribution >= 4 is 22.6 Å². The third-order valence-corrected chi connectivity index (χ3v) is 4.35. The summed E-state index contributed by atoms with van der Waals surface area (Å²) in [7, 11) is 0. The first kappa shape index (κ1) is 19.5. The summed E-state index contributed by atoms with van der Waals surface area (Å²) < 4.78 is 13.5. The Morgan fingerprint density at radius 2 is 1.79 bits per heavy atom. The SMILES string of the molecule is Cc1ccc(CNC(=O)CONC(=O)Cc2cccc3ccccc23)cc1F. The number of carbonyl (C=O) groups is 2. The van der Waals surface area contributed by atoms with E-state index in [1.54, 1.807) is 19.1 Å². The van der Waals surface area contributed by atoms with Gasteiger partial charge in [-0.15, -0.1) is 0 Å². The molecule has 0 saturated carbocycles. The van der Waals surface area contributed by atoms with Crippen LogP contribution in [0.4, 0.5) is 4.39 Å². The maximum absolute atomic E-state index is 13.5. The average Bonchev–Trinajstić information content (AvgIpc) is 2.69. The third kappa shape index (κ3) is 5.14. The summed E-state index contributed by atoms with van der Waals surface area (Å²) in [4.78, 5) is 28.9. The van der Waals surface area contributed by atoms with Crippen molar-refractivity contribution < 1.29 is 18.8 Å². The van der Waals surface area contributed by atoms with Crippen molar-refractivity contribution in [2.45, 2.75) is 19.9 Å². The van der Waals surface area contributed by atoms with E-state index in [0.717, 1.165) is 16.3 Å². The van der Waals surface area contributed by atoms with Gasteiger partial charge in [0.15, 0.2) is 6.61 Å². The van der Waals surface area contributed by atoms with Gasteiger partial charge in [0.05, 0.1) is 6.42 Å². The van der Waals surface area contributed by atoms with Crippen LogP contribution in [0.1, 0.15) is 16.7 Å². The van der Waals surface area contributed by atoms with Gasteiger partial charge in [-0.05, 0) is 40.5 Å². The first-order valence-corrected chi connectivity index (χ1v) is 8.92. The van der Waals surface area contributed by atoms with E-state index in [4.69, 9.17) is 4.84 Å². The van der Waals surface area contributed by atoms with Crippen molar-refractivity contribution in [1.82, 2.24) is 10.8 Å². The maximum Gasteiger partial charge on any atom is 0.249 e. The molecule has 0 aromatic heterocycles. The summed E-state index contributed by atoms with van der Waals surface area (Å²) in [5.41, 5.74) is 4.36. The van der Waals surface area contributed by atoms with E-state index < -0.39 is 5.91 Å². The second kappa shape index (κ2) is 9.10. The van der Waals surface area contributed by atoms with Crippen LogP contribution in [0.5, 0.6) is 0 Å². The summed E-state index contributed by atoms with van der Waals surface area (Å²) in [6.45, 7) is 1.53. The van der Waals surface area contributed by atoms with Crippen LogP contribution in [-0.4, -0.2) is 18.4 Å². The minimum absolute atomic E-state index is 0.144. The zero-order valence-corrected chi connectivity index (χ0v) is 15.5. The molecular formula is C22H21FN2O3. The number of carbonyl (C=O) groups excluding carboxylic acids is 2. The van der Waals surface area contributed by atoms with Gasteiger partial charge in [-0.25, -0.2) is 9.87 Å². The highest BCUT2D eigenvalue weighted by molar-refractivity contribution is 5.90. The van der Waals surface area contributed by atoms with E-state index in [0.29, 0.717) is 11.1 Å². The normalized spacial score (nSPS) is 10.6. The van der Waals surface area contributed by atoms with Crippen molar-refractivity contribution in [1.29, 1.82) is 0 Å². The molecule has 0 spiro atoms. The smallest absolute Gasteiger partial charge is 0.249 e. The first-order chi connectivity index (χ1) is 13.5. The van der Waals surface area contributed by atoms with Crippen molar-refractivity contribution in [3.63, 3.8) is 0 Å². The van der Waals surface area contributed by atoms with Gasteiger partial charge in [0, 0.05) is 6.54 Å². The van der Waals surface area contributed by atoms with Crippen LogP contribution in [0.15, 0.2) is 60.7 Å². The second-order valence-corrected chi connectivity index (χ2v) is 6.49. The van der Waals surface area contributed by atoms with Crippen LogP contribution < -0.4 is 10.8 Å². The van der Waals surface area contributed by atoms with Crippen LogP contribution in [-0.2, 0) is 27.4 Å². The molecule has 28 heavy (non-hydrogen) atoms. The number of aryl methyl sites for hydroxylation is 1. The summed E-state index contributed by atoms with van der Waals surface area (Å²) in [5.74, 6) is -1.07. The molecule has 0 fully saturated rings. The van der Waals surface area contributed by atoms with Gasteiger partial charge in [0.1, 0.15) is 5.82 Å². The molecule has 0 aliphatic heterocycles. The molecule has 2 amide bonds. The number of hydroxylamine groups is 1. The quantitative estimate of drug-likeness (QED) is 0.619. The number of rotatable bonds is 7. The van der Waals surface area contributed by atoms with Gasteiger partial charge in [-0.1, -0.05) is 54.6 Å². The van der Waals surface area contributed by atoms with E-state index in [2.05, 4.69) is 10.8 Å². The van der Waals surface area contributed by atoms with Crippen LogP contribution in [0, 0.1) is 12.7 Å². The van der Waals surface area contributed by atoms with Gasteiger partial charge in [0.25, 0.3) is 0 Å². The molecule has 0 saturated heterocycles. The van der Waals surface area contributed by atoms with Gasteiger partial charge in [0.2, 0.25) is 11.8 Å². The number of hydrogen-bond acceptors (Lipinski definition) is 3. The zero-order valence-electron chi connectivity index (χ0n) is 15.5. The topological polar surface area (TPSA) is 67.4 Å². The molecule has 3 aromatic carbocycles. The average molecular weight is 380 g/mol. The highest BCUT2D eigenvalue weighted by Gasteiger charge is 2.09. The number of fused-ring (bicyclic) bond motifs is 1. The number of halogens is 1. The summed E-state index contributed by atoms with van der Waals surface area (Å²) in [5, 5.41) is 4.67. The maximum atomic E-state index is 13.5. The number of amides is 2. The summed E-state index contributed by atoms with van der Waals surface area (Å²) in [6, 6.07) is 18.3. The Labute approximate surface area is 162 Å². The lowest BCUT2D eigenvalue weighted by molar-refractivity contribution is -0.138. The molecule has 2 N–H and O–H groups in total. The highest BCUT2D eigenvalue weighted by atomic mass is 19.1. The van der Waals surface area contributed by atoms with E-state index in [1.165, 1.54) is 6.07 Å². The van der Waals surface area contributed by atoms with Gasteiger partial charge in [-0.3, -0.25) is 14.4 Å². The van der Waals surface area contributed by atoms with Crippen LogP contribution in [0.25, 0.3) is 10.8 Å². The van der Waals surface area contributed by atoms with E-state index in [9.17, 15) is 14.0 Å². The molecule has 3 aromatic rings. The molecule has 0 aliphatic carbocycles. The number of nitrogens with one attached hydrogen (secondary N) is 2. The lowest BCUT2D eigenvalue weighted by Gasteiger charge is -2.09. The number of benzene rings is 3. The van der Waals surface area contributed by atoms with Crippen LogP contribution in [0.2, 0.25) is 0 Å². The minimum atomic E-state index is -0.411. The largest absolute Gasteiger partial charge is 0.350 e. The molecule has 0 atom stereocenters.